The molecular weight excluding hydrogens is 210 g/mol. The number of hydrogen-bond donors (Lipinski definition) is 2. The summed E-state index contributed by atoms with van der Waals surface area (Å²) in [6, 6.07) is 7.81. The van der Waals surface area contributed by atoms with Gasteiger partial charge in [-0.2, -0.15) is 0 Å². The molecule has 0 unspecified atom stereocenters. The van der Waals surface area contributed by atoms with Crippen LogP contribution in [0.1, 0.15) is 0 Å². The summed E-state index contributed by atoms with van der Waals surface area (Å²) < 4.78 is 1.08. The lowest BCUT2D eigenvalue weighted by atomic mass is 10.3. The van der Waals surface area contributed by atoms with Gasteiger partial charge in [-0.1, -0.05) is 23.5 Å². The van der Waals surface area contributed by atoms with Gasteiger partial charge >= 0.3 is 0 Å². The monoisotopic (exact) mass is 221 g/mol. The summed E-state index contributed by atoms with van der Waals surface area (Å²) in [5.41, 5.74) is 0.919. The highest BCUT2D eigenvalue weighted by Crippen LogP contribution is 2.24. The maximum atomic E-state index is 11.3. The van der Waals surface area contributed by atoms with Crippen molar-refractivity contribution in [2.75, 3.05) is 18.9 Å². The molecule has 0 atom stereocenters. The third-order valence-corrected chi connectivity index (χ3v) is 2.83. The molecule has 15 heavy (non-hydrogen) atoms. The van der Waals surface area contributed by atoms with Crippen LogP contribution in [-0.4, -0.2) is 24.5 Å². The number of fused-ring (bicyclic) bond motifs is 1. The maximum absolute atomic E-state index is 11.3. The predicted octanol–water partition coefficient (Wildman–Crippen LogP) is 1.45. The van der Waals surface area contributed by atoms with Crippen molar-refractivity contribution in [2.45, 2.75) is 0 Å². The second-order valence-corrected chi connectivity index (χ2v) is 4.10. The van der Waals surface area contributed by atoms with E-state index in [-0.39, 0.29) is 5.91 Å². The summed E-state index contributed by atoms with van der Waals surface area (Å²) in [5, 5.41) is 6.17. The van der Waals surface area contributed by atoms with Crippen molar-refractivity contribution in [3.05, 3.63) is 24.3 Å². The van der Waals surface area contributed by atoms with Gasteiger partial charge in [0.15, 0.2) is 5.13 Å². The number of carbonyl (C=O) groups is 1. The molecule has 0 aliphatic rings. The largest absolute Gasteiger partial charge is 0.311 e. The first-order valence-electron chi connectivity index (χ1n) is 4.59. The van der Waals surface area contributed by atoms with Crippen LogP contribution in [-0.2, 0) is 4.79 Å². The first-order chi connectivity index (χ1) is 7.29. The molecule has 1 aromatic carbocycles. The molecule has 0 bridgehead atoms. The summed E-state index contributed by atoms with van der Waals surface area (Å²) >= 11 is 1.48. The fourth-order valence-corrected chi connectivity index (χ4v) is 2.13. The van der Waals surface area contributed by atoms with E-state index in [1.165, 1.54) is 11.3 Å². The molecule has 1 amide bonds. The molecule has 0 aliphatic carbocycles. The van der Waals surface area contributed by atoms with Crippen LogP contribution in [0.25, 0.3) is 10.2 Å². The van der Waals surface area contributed by atoms with Crippen LogP contribution in [0.5, 0.6) is 0 Å². The van der Waals surface area contributed by atoms with E-state index in [1.807, 2.05) is 24.3 Å². The average Bonchev–Trinajstić information content (AvgIpc) is 2.59. The van der Waals surface area contributed by atoms with E-state index in [9.17, 15) is 4.79 Å². The zero-order valence-electron chi connectivity index (χ0n) is 8.28. The van der Waals surface area contributed by atoms with Crippen LogP contribution in [0.3, 0.4) is 0 Å². The summed E-state index contributed by atoms with van der Waals surface area (Å²) in [7, 11) is 1.73. The Labute approximate surface area is 91.3 Å². The van der Waals surface area contributed by atoms with Gasteiger partial charge in [0, 0.05) is 0 Å². The molecule has 0 saturated carbocycles. The second-order valence-electron chi connectivity index (χ2n) is 3.07. The first kappa shape index (κ1) is 10.1. The summed E-state index contributed by atoms with van der Waals surface area (Å²) in [6.45, 7) is 0.302. The Morgan fingerprint density at radius 3 is 3.00 bits per heavy atom. The van der Waals surface area contributed by atoms with Gasteiger partial charge in [-0.05, 0) is 19.2 Å². The van der Waals surface area contributed by atoms with E-state index in [0.717, 1.165) is 10.2 Å². The van der Waals surface area contributed by atoms with Crippen LogP contribution < -0.4 is 10.6 Å². The molecule has 0 fully saturated rings. The number of carbonyl (C=O) groups excluding carboxylic acids is 1. The van der Waals surface area contributed by atoms with Gasteiger partial charge in [-0.15, -0.1) is 0 Å². The number of aromatic nitrogens is 1. The fraction of sp³-hybridized carbons (Fsp3) is 0.200. The van der Waals surface area contributed by atoms with Gasteiger partial charge in [-0.3, -0.25) is 4.79 Å². The van der Waals surface area contributed by atoms with Crippen LogP contribution >= 0.6 is 11.3 Å². The number of nitrogens with one attached hydrogen (secondary N) is 2. The Kier molecular flexibility index (Phi) is 2.94. The van der Waals surface area contributed by atoms with Crippen LogP contribution in [0.2, 0.25) is 0 Å². The minimum absolute atomic E-state index is 0.0726. The normalized spacial score (nSPS) is 10.5. The van der Waals surface area contributed by atoms with Crippen LogP contribution in [0, 0.1) is 0 Å². The van der Waals surface area contributed by atoms with E-state index in [2.05, 4.69) is 15.6 Å². The molecule has 0 saturated heterocycles. The van der Waals surface area contributed by atoms with E-state index in [4.69, 9.17) is 0 Å². The SMILES string of the molecule is CNCC(=O)Nc1nc2ccccc2s1. The molecule has 0 spiro atoms. The third kappa shape index (κ3) is 2.31. The number of hydrogen-bond acceptors (Lipinski definition) is 4. The number of likely N-dealkylation sites (N-methyl/N-ethyl adjacent to an activating group) is 1. The standard InChI is InChI=1S/C10H11N3OS/c1-11-6-9(14)13-10-12-7-4-2-3-5-8(7)15-10/h2-5,11H,6H2,1H3,(H,12,13,14). The maximum Gasteiger partial charge on any atom is 0.240 e. The zero-order chi connectivity index (χ0) is 10.7. The summed E-state index contributed by atoms with van der Waals surface area (Å²) in [4.78, 5) is 15.6. The lowest BCUT2D eigenvalue weighted by Gasteiger charge is -1.98. The molecule has 2 N–H and O–H groups in total. The van der Waals surface area contributed by atoms with Crippen molar-refractivity contribution in [3.63, 3.8) is 0 Å². The highest BCUT2D eigenvalue weighted by molar-refractivity contribution is 7.22. The highest BCUT2D eigenvalue weighted by Gasteiger charge is 2.05. The lowest BCUT2D eigenvalue weighted by Crippen LogP contribution is -2.24. The van der Waals surface area contributed by atoms with Gasteiger partial charge in [0.25, 0.3) is 0 Å². The Balaban J connectivity index is 2.18. The van der Waals surface area contributed by atoms with Crippen molar-refractivity contribution < 1.29 is 4.79 Å². The lowest BCUT2D eigenvalue weighted by molar-refractivity contribution is -0.115. The quantitative estimate of drug-likeness (QED) is 0.825. The molecule has 78 valence electrons. The number of rotatable bonds is 3. The van der Waals surface area contributed by atoms with E-state index in [1.54, 1.807) is 7.05 Å². The Morgan fingerprint density at radius 1 is 1.47 bits per heavy atom. The minimum Gasteiger partial charge on any atom is -0.311 e. The third-order valence-electron chi connectivity index (χ3n) is 1.88. The van der Waals surface area contributed by atoms with Gasteiger partial charge in [-0.25, -0.2) is 4.98 Å². The molecule has 2 rings (SSSR count). The predicted molar refractivity (Wildman–Crippen MR) is 62.2 cm³/mol. The topological polar surface area (TPSA) is 54.0 Å². The molecule has 2 aromatic rings. The Hall–Kier alpha value is -1.46. The number of para-hydroxylation sites is 1. The van der Waals surface area contributed by atoms with Crippen molar-refractivity contribution in [3.8, 4) is 0 Å². The fourth-order valence-electron chi connectivity index (χ4n) is 1.25. The highest BCUT2D eigenvalue weighted by atomic mass is 32.1. The summed E-state index contributed by atoms with van der Waals surface area (Å²) in [6.07, 6.45) is 0. The smallest absolute Gasteiger partial charge is 0.240 e. The molecule has 0 radical (unpaired) electrons. The molecule has 1 aromatic heterocycles. The minimum atomic E-state index is -0.0726. The van der Waals surface area contributed by atoms with Crippen molar-refractivity contribution >= 4 is 32.6 Å². The van der Waals surface area contributed by atoms with E-state index in [0.29, 0.717) is 11.7 Å². The first-order valence-corrected chi connectivity index (χ1v) is 5.41. The Morgan fingerprint density at radius 2 is 2.27 bits per heavy atom. The number of amides is 1. The van der Waals surface area contributed by atoms with Gasteiger partial charge in [0.05, 0.1) is 16.8 Å². The molecule has 1 heterocycles. The molecule has 4 nitrogen and oxygen atoms in total. The molecule has 0 aliphatic heterocycles. The van der Waals surface area contributed by atoms with Gasteiger partial charge in [0.1, 0.15) is 0 Å². The number of benzene rings is 1. The zero-order valence-corrected chi connectivity index (χ0v) is 9.10. The molecule has 5 heteroatoms. The van der Waals surface area contributed by atoms with E-state index < -0.39 is 0 Å². The Bertz CT molecular complexity index is 447. The number of nitrogens with zero attached hydrogens (tertiary/aromatic N) is 1. The average molecular weight is 221 g/mol. The van der Waals surface area contributed by atoms with E-state index >= 15 is 0 Å². The molecular formula is C10H11N3OS. The number of anilines is 1. The second kappa shape index (κ2) is 4.37. The van der Waals surface area contributed by atoms with Crippen LogP contribution in [0.4, 0.5) is 5.13 Å². The van der Waals surface area contributed by atoms with Crippen LogP contribution in [0.15, 0.2) is 24.3 Å². The van der Waals surface area contributed by atoms with Crippen molar-refractivity contribution in [1.29, 1.82) is 0 Å². The van der Waals surface area contributed by atoms with Gasteiger partial charge < -0.3 is 10.6 Å². The summed E-state index contributed by atoms with van der Waals surface area (Å²) in [5.74, 6) is -0.0726. The van der Waals surface area contributed by atoms with Crippen molar-refractivity contribution in [1.82, 2.24) is 10.3 Å². The van der Waals surface area contributed by atoms with Gasteiger partial charge in [0.2, 0.25) is 5.91 Å². The number of thiazole rings is 1. The van der Waals surface area contributed by atoms with Crippen molar-refractivity contribution in [2.24, 2.45) is 0 Å².